The Morgan fingerprint density at radius 2 is 2.17 bits per heavy atom. The Morgan fingerprint density at radius 3 is 2.61 bits per heavy atom. The summed E-state index contributed by atoms with van der Waals surface area (Å²) in [4.78, 5) is -0.382. The van der Waals surface area contributed by atoms with Crippen molar-refractivity contribution in [3.05, 3.63) is 27.1 Å². The lowest BCUT2D eigenvalue weighted by atomic mass is 10.2. The third-order valence-corrected chi connectivity index (χ3v) is 3.79. The highest BCUT2D eigenvalue weighted by molar-refractivity contribution is 9.10. The maximum atomic E-state index is 11.3. The van der Waals surface area contributed by atoms with Crippen LogP contribution in [0.25, 0.3) is 6.08 Å². The molecular weight excluding hydrogens is 322 g/mol. The van der Waals surface area contributed by atoms with Crippen LogP contribution in [0.1, 0.15) is 5.56 Å². The molecule has 0 atom stereocenters. The van der Waals surface area contributed by atoms with E-state index < -0.39 is 9.84 Å². The van der Waals surface area contributed by atoms with Gasteiger partial charge in [0.2, 0.25) is 0 Å². The maximum absolute atomic E-state index is 11.3. The molecule has 0 aliphatic rings. The zero-order valence-electron chi connectivity index (χ0n) is 9.64. The topological polar surface area (TPSA) is 87.4 Å². The van der Waals surface area contributed by atoms with E-state index in [2.05, 4.69) is 15.9 Å². The summed E-state index contributed by atoms with van der Waals surface area (Å²) in [6.07, 6.45) is 2.12. The van der Waals surface area contributed by atoms with E-state index in [0.29, 0.717) is 10.0 Å². The van der Waals surface area contributed by atoms with Gasteiger partial charge in [-0.25, -0.2) is 8.42 Å². The Morgan fingerprint density at radius 1 is 1.56 bits per heavy atom. The summed E-state index contributed by atoms with van der Waals surface area (Å²) in [5.41, 5.74) is 0.371. The summed E-state index contributed by atoms with van der Waals surface area (Å²) >= 11 is 3.21. The van der Waals surface area contributed by atoms with Crippen molar-refractivity contribution in [1.29, 1.82) is 5.26 Å². The van der Waals surface area contributed by atoms with Gasteiger partial charge >= 0.3 is 0 Å². The highest BCUT2D eigenvalue weighted by atomic mass is 79.9. The van der Waals surface area contributed by atoms with Crippen molar-refractivity contribution in [3.8, 4) is 17.6 Å². The lowest BCUT2D eigenvalue weighted by molar-refractivity contribution is 0.373. The van der Waals surface area contributed by atoms with Crippen molar-refractivity contribution >= 4 is 31.8 Å². The molecule has 0 unspecified atom stereocenters. The lowest BCUT2D eigenvalue weighted by Gasteiger charge is -2.06. The third kappa shape index (κ3) is 3.24. The van der Waals surface area contributed by atoms with Crippen molar-refractivity contribution in [2.24, 2.45) is 0 Å². The predicted molar refractivity (Wildman–Crippen MR) is 70.8 cm³/mol. The van der Waals surface area contributed by atoms with E-state index in [1.165, 1.54) is 25.3 Å². The van der Waals surface area contributed by atoms with Crippen LogP contribution in [0, 0.1) is 11.3 Å². The van der Waals surface area contributed by atoms with Gasteiger partial charge in [0.25, 0.3) is 0 Å². The number of sulfone groups is 1. The molecule has 96 valence electrons. The number of rotatable bonds is 3. The zero-order valence-corrected chi connectivity index (χ0v) is 12.0. The van der Waals surface area contributed by atoms with Crippen LogP contribution in [0.4, 0.5) is 0 Å². The normalized spacial score (nSPS) is 12.0. The van der Waals surface area contributed by atoms with E-state index >= 15 is 0 Å². The molecule has 1 aromatic carbocycles. The largest absolute Gasteiger partial charge is 0.504 e. The fraction of sp³-hybridized carbons (Fsp3) is 0.182. The summed E-state index contributed by atoms with van der Waals surface area (Å²) < 4.78 is 28.0. The monoisotopic (exact) mass is 331 g/mol. The van der Waals surface area contributed by atoms with Gasteiger partial charge in [0, 0.05) is 10.7 Å². The summed E-state index contributed by atoms with van der Waals surface area (Å²) in [7, 11) is -2.20. The Bertz CT molecular complexity index is 644. The molecule has 18 heavy (non-hydrogen) atoms. The van der Waals surface area contributed by atoms with E-state index in [4.69, 9.17) is 10.00 Å². The number of benzene rings is 1. The number of methoxy groups -OCH3 is 1. The highest BCUT2D eigenvalue weighted by Crippen LogP contribution is 2.33. The molecule has 0 aliphatic carbocycles. The van der Waals surface area contributed by atoms with Gasteiger partial charge in [-0.15, -0.1) is 0 Å². The number of hydrogen-bond donors (Lipinski definition) is 1. The molecule has 0 radical (unpaired) electrons. The molecule has 0 heterocycles. The Balaban J connectivity index is 3.41. The van der Waals surface area contributed by atoms with Crippen molar-refractivity contribution < 1.29 is 18.3 Å². The molecule has 1 N–H and O–H groups in total. The number of nitrogens with zero attached hydrogens (tertiary/aromatic N) is 1. The van der Waals surface area contributed by atoms with Crippen molar-refractivity contribution in [2.75, 3.05) is 13.4 Å². The first-order chi connectivity index (χ1) is 8.29. The SMILES string of the molecule is COc1cc(Br)c(C=C(C#N)S(C)(=O)=O)cc1O. The van der Waals surface area contributed by atoms with Gasteiger partial charge in [0.15, 0.2) is 21.3 Å². The van der Waals surface area contributed by atoms with Gasteiger partial charge in [0.1, 0.15) is 11.0 Å². The summed E-state index contributed by atoms with van der Waals surface area (Å²) in [6, 6.07) is 4.40. The standard InChI is InChI=1S/C11H10BrNO4S/c1-17-11-5-9(12)7(4-10(11)14)3-8(6-13)18(2,15)16/h3-5,14H,1-2H3. The predicted octanol–water partition coefficient (Wildman–Crippen LogP) is 2.07. The minimum Gasteiger partial charge on any atom is -0.504 e. The van der Waals surface area contributed by atoms with E-state index in [1.54, 1.807) is 6.07 Å². The Kier molecular flexibility index (Phi) is 4.38. The number of halogens is 1. The minimum absolute atomic E-state index is 0.141. The summed E-state index contributed by atoms with van der Waals surface area (Å²) in [5, 5.41) is 18.4. The highest BCUT2D eigenvalue weighted by Gasteiger charge is 2.13. The van der Waals surface area contributed by atoms with E-state index in [9.17, 15) is 13.5 Å². The van der Waals surface area contributed by atoms with Crippen LogP contribution in [0.3, 0.4) is 0 Å². The summed E-state index contributed by atoms with van der Waals surface area (Å²) in [5.74, 6) is 0.106. The zero-order chi connectivity index (χ0) is 13.9. The molecule has 5 nitrogen and oxygen atoms in total. The van der Waals surface area contributed by atoms with Gasteiger partial charge in [-0.05, 0) is 23.8 Å². The van der Waals surface area contributed by atoms with Crippen LogP contribution in [-0.2, 0) is 9.84 Å². The Hall–Kier alpha value is -1.52. The first-order valence-electron chi connectivity index (χ1n) is 4.68. The van der Waals surface area contributed by atoms with Gasteiger partial charge in [-0.1, -0.05) is 15.9 Å². The van der Waals surface area contributed by atoms with Crippen LogP contribution in [-0.4, -0.2) is 26.9 Å². The number of allylic oxidation sites excluding steroid dienone is 1. The molecule has 1 aromatic rings. The molecule has 0 aliphatic heterocycles. The molecule has 0 fully saturated rings. The van der Waals surface area contributed by atoms with Crippen molar-refractivity contribution in [2.45, 2.75) is 0 Å². The molecule has 0 saturated heterocycles. The fourth-order valence-corrected chi connectivity index (χ4v) is 2.14. The smallest absolute Gasteiger partial charge is 0.185 e. The third-order valence-electron chi connectivity index (χ3n) is 2.09. The van der Waals surface area contributed by atoms with Crippen molar-refractivity contribution in [1.82, 2.24) is 0 Å². The first kappa shape index (κ1) is 14.5. The maximum Gasteiger partial charge on any atom is 0.185 e. The van der Waals surface area contributed by atoms with Crippen LogP contribution in [0.5, 0.6) is 11.5 Å². The number of nitriles is 1. The fourth-order valence-electron chi connectivity index (χ4n) is 1.20. The number of phenolic OH excluding ortho intramolecular Hbond substituents is 1. The summed E-state index contributed by atoms with van der Waals surface area (Å²) in [6.45, 7) is 0. The van der Waals surface area contributed by atoms with Crippen LogP contribution in [0.2, 0.25) is 0 Å². The lowest BCUT2D eigenvalue weighted by Crippen LogP contribution is -1.98. The number of ether oxygens (including phenoxy) is 1. The second-order valence-electron chi connectivity index (χ2n) is 3.44. The van der Waals surface area contributed by atoms with Gasteiger partial charge in [-0.2, -0.15) is 5.26 Å². The van der Waals surface area contributed by atoms with Gasteiger partial charge in [-0.3, -0.25) is 0 Å². The van der Waals surface area contributed by atoms with E-state index in [-0.39, 0.29) is 16.4 Å². The van der Waals surface area contributed by atoms with Crippen molar-refractivity contribution in [3.63, 3.8) is 0 Å². The molecule has 0 spiro atoms. The van der Waals surface area contributed by atoms with Crippen LogP contribution < -0.4 is 4.74 Å². The van der Waals surface area contributed by atoms with Crippen LogP contribution >= 0.6 is 15.9 Å². The quantitative estimate of drug-likeness (QED) is 0.856. The molecule has 0 saturated carbocycles. The number of phenols is 1. The van der Waals surface area contributed by atoms with Gasteiger partial charge < -0.3 is 9.84 Å². The molecule has 0 aromatic heterocycles. The van der Waals surface area contributed by atoms with Crippen LogP contribution in [0.15, 0.2) is 21.5 Å². The van der Waals surface area contributed by atoms with E-state index in [1.807, 2.05) is 0 Å². The second-order valence-corrected chi connectivity index (χ2v) is 6.28. The number of aromatic hydroxyl groups is 1. The first-order valence-corrected chi connectivity index (χ1v) is 7.36. The number of hydrogen-bond acceptors (Lipinski definition) is 5. The molecular formula is C11H10BrNO4S. The molecule has 1 rings (SSSR count). The average Bonchev–Trinajstić information content (AvgIpc) is 2.27. The minimum atomic E-state index is -3.59. The average molecular weight is 332 g/mol. The van der Waals surface area contributed by atoms with E-state index in [0.717, 1.165) is 6.26 Å². The molecule has 0 amide bonds. The molecule has 0 bridgehead atoms. The molecule has 7 heteroatoms. The second kappa shape index (κ2) is 5.42. The van der Waals surface area contributed by atoms with Gasteiger partial charge in [0.05, 0.1) is 7.11 Å². The Labute approximate surface area is 113 Å².